The van der Waals surface area contributed by atoms with Crippen LogP contribution in [0.25, 0.3) is 0 Å². The first-order valence-corrected chi connectivity index (χ1v) is 6.02. The summed E-state index contributed by atoms with van der Waals surface area (Å²) in [7, 11) is 0. The van der Waals surface area contributed by atoms with Gasteiger partial charge in [0.1, 0.15) is 5.82 Å². The number of alkyl halides is 3. The highest BCUT2D eigenvalue weighted by Crippen LogP contribution is 2.34. The van der Waals surface area contributed by atoms with E-state index in [-0.39, 0.29) is 22.0 Å². The van der Waals surface area contributed by atoms with Crippen molar-refractivity contribution in [2.45, 2.75) is 6.18 Å². The third-order valence-corrected chi connectivity index (χ3v) is 2.82. The largest absolute Gasteiger partial charge is 0.416 e. The van der Waals surface area contributed by atoms with Crippen LogP contribution in [0.15, 0.2) is 36.4 Å². The minimum Gasteiger partial charge on any atom is -0.353 e. The molecule has 2 aromatic carbocycles. The first kappa shape index (κ1) is 15.1. The SMILES string of the molecule is N#Cc1ccc(Nc2cc(Cl)cc(C(F)(F)F)c2)c(F)c1. The van der Waals surface area contributed by atoms with Crippen LogP contribution in [0.2, 0.25) is 5.02 Å². The molecule has 0 aliphatic carbocycles. The van der Waals surface area contributed by atoms with Crippen molar-refractivity contribution in [1.82, 2.24) is 0 Å². The first-order chi connectivity index (χ1) is 9.79. The van der Waals surface area contributed by atoms with Gasteiger partial charge in [0.25, 0.3) is 0 Å². The molecule has 0 bridgehead atoms. The lowest BCUT2D eigenvalue weighted by molar-refractivity contribution is -0.137. The van der Waals surface area contributed by atoms with Crippen molar-refractivity contribution in [3.05, 3.63) is 58.4 Å². The lowest BCUT2D eigenvalue weighted by atomic mass is 10.1. The zero-order chi connectivity index (χ0) is 15.6. The van der Waals surface area contributed by atoms with E-state index in [1.54, 1.807) is 6.07 Å². The third kappa shape index (κ3) is 3.64. The van der Waals surface area contributed by atoms with Gasteiger partial charge in [-0.25, -0.2) is 4.39 Å². The molecule has 0 radical (unpaired) electrons. The number of nitrogens with one attached hydrogen (secondary N) is 1. The van der Waals surface area contributed by atoms with E-state index in [0.29, 0.717) is 0 Å². The molecule has 0 aliphatic heterocycles. The number of hydrogen-bond donors (Lipinski definition) is 1. The summed E-state index contributed by atoms with van der Waals surface area (Å²) in [5.74, 6) is -0.748. The Labute approximate surface area is 122 Å². The van der Waals surface area contributed by atoms with Gasteiger partial charge in [0.05, 0.1) is 22.9 Å². The van der Waals surface area contributed by atoms with E-state index in [4.69, 9.17) is 16.9 Å². The van der Waals surface area contributed by atoms with Crippen LogP contribution in [0.1, 0.15) is 11.1 Å². The van der Waals surface area contributed by atoms with Crippen LogP contribution in [0.3, 0.4) is 0 Å². The molecule has 0 unspecified atom stereocenters. The number of benzene rings is 2. The number of rotatable bonds is 2. The minimum atomic E-state index is -4.55. The Morgan fingerprint density at radius 2 is 1.81 bits per heavy atom. The fourth-order valence-corrected chi connectivity index (χ4v) is 1.90. The molecule has 2 aromatic rings. The van der Waals surface area contributed by atoms with Gasteiger partial charge in [0.2, 0.25) is 0 Å². The van der Waals surface area contributed by atoms with E-state index in [1.165, 1.54) is 18.2 Å². The first-order valence-electron chi connectivity index (χ1n) is 5.64. The van der Waals surface area contributed by atoms with Crippen molar-refractivity contribution >= 4 is 23.0 Å². The van der Waals surface area contributed by atoms with Gasteiger partial charge in [-0.2, -0.15) is 18.4 Å². The lowest BCUT2D eigenvalue weighted by Crippen LogP contribution is -2.05. The van der Waals surface area contributed by atoms with Crippen molar-refractivity contribution in [3.8, 4) is 6.07 Å². The average Bonchev–Trinajstić information content (AvgIpc) is 2.39. The monoisotopic (exact) mass is 314 g/mol. The average molecular weight is 315 g/mol. The summed E-state index contributed by atoms with van der Waals surface area (Å²) in [4.78, 5) is 0. The highest BCUT2D eigenvalue weighted by atomic mass is 35.5. The van der Waals surface area contributed by atoms with Crippen molar-refractivity contribution in [2.24, 2.45) is 0 Å². The molecular formula is C14H7ClF4N2. The molecule has 0 heterocycles. The normalized spacial score (nSPS) is 11.0. The number of halogens is 5. The Hall–Kier alpha value is -2.26. The Kier molecular flexibility index (Phi) is 4.05. The number of hydrogen-bond acceptors (Lipinski definition) is 2. The van der Waals surface area contributed by atoms with Crippen LogP contribution in [0.5, 0.6) is 0 Å². The van der Waals surface area contributed by atoms with Gasteiger partial charge in [-0.3, -0.25) is 0 Å². The quantitative estimate of drug-likeness (QED) is 0.782. The Morgan fingerprint density at radius 3 is 2.38 bits per heavy atom. The molecule has 0 aliphatic rings. The van der Waals surface area contributed by atoms with Gasteiger partial charge in [0.15, 0.2) is 0 Å². The number of nitriles is 1. The van der Waals surface area contributed by atoms with Gasteiger partial charge in [-0.1, -0.05) is 11.6 Å². The molecule has 0 atom stereocenters. The van der Waals surface area contributed by atoms with E-state index in [9.17, 15) is 17.6 Å². The fraction of sp³-hybridized carbons (Fsp3) is 0.0714. The molecule has 0 amide bonds. The smallest absolute Gasteiger partial charge is 0.353 e. The van der Waals surface area contributed by atoms with Crippen LogP contribution < -0.4 is 5.32 Å². The second-order valence-electron chi connectivity index (χ2n) is 4.16. The summed E-state index contributed by atoms with van der Waals surface area (Å²) < 4.78 is 51.7. The van der Waals surface area contributed by atoms with Crippen molar-refractivity contribution in [2.75, 3.05) is 5.32 Å². The topological polar surface area (TPSA) is 35.8 Å². The second kappa shape index (κ2) is 5.62. The molecular weight excluding hydrogens is 308 g/mol. The van der Waals surface area contributed by atoms with Gasteiger partial charge in [-0.05, 0) is 36.4 Å². The maximum atomic E-state index is 13.7. The van der Waals surface area contributed by atoms with Gasteiger partial charge in [0, 0.05) is 10.7 Å². The van der Waals surface area contributed by atoms with E-state index < -0.39 is 17.6 Å². The predicted molar refractivity (Wildman–Crippen MR) is 70.9 cm³/mol. The van der Waals surface area contributed by atoms with Crippen LogP contribution in [-0.2, 0) is 6.18 Å². The third-order valence-electron chi connectivity index (χ3n) is 2.60. The molecule has 108 valence electrons. The summed E-state index contributed by atoms with van der Waals surface area (Å²) in [5.41, 5.74) is -0.880. The summed E-state index contributed by atoms with van der Waals surface area (Å²) >= 11 is 5.63. The lowest BCUT2D eigenvalue weighted by Gasteiger charge is -2.12. The van der Waals surface area contributed by atoms with Crippen molar-refractivity contribution < 1.29 is 17.6 Å². The highest BCUT2D eigenvalue weighted by molar-refractivity contribution is 6.31. The highest BCUT2D eigenvalue weighted by Gasteiger charge is 2.31. The van der Waals surface area contributed by atoms with E-state index >= 15 is 0 Å². The summed E-state index contributed by atoms with van der Waals surface area (Å²) in [6.07, 6.45) is -4.55. The molecule has 2 rings (SSSR count). The van der Waals surface area contributed by atoms with E-state index in [1.807, 2.05) is 0 Å². The molecule has 0 spiro atoms. The Morgan fingerprint density at radius 1 is 1.10 bits per heavy atom. The van der Waals surface area contributed by atoms with Crippen LogP contribution >= 0.6 is 11.6 Å². The fourth-order valence-electron chi connectivity index (χ4n) is 1.67. The molecule has 0 saturated heterocycles. The summed E-state index contributed by atoms with van der Waals surface area (Å²) in [6, 6.07) is 8.20. The van der Waals surface area contributed by atoms with Crippen LogP contribution in [-0.4, -0.2) is 0 Å². The van der Waals surface area contributed by atoms with Crippen molar-refractivity contribution in [3.63, 3.8) is 0 Å². The van der Waals surface area contributed by atoms with Gasteiger partial charge >= 0.3 is 6.18 Å². The Balaban J connectivity index is 2.36. The standard InChI is InChI=1S/C14H7ClF4N2/c15-10-4-9(14(17,18)19)5-11(6-10)21-13-2-1-8(7-20)3-12(13)16/h1-6,21H. The zero-order valence-corrected chi connectivity index (χ0v) is 11.1. The summed E-state index contributed by atoms with van der Waals surface area (Å²) in [5, 5.41) is 11.0. The molecule has 0 fully saturated rings. The van der Waals surface area contributed by atoms with Crippen LogP contribution in [0, 0.1) is 17.1 Å². The predicted octanol–water partition coefficient (Wildman–Crippen LogP) is 5.11. The maximum absolute atomic E-state index is 13.7. The second-order valence-corrected chi connectivity index (χ2v) is 4.59. The Bertz CT molecular complexity index is 720. The zero-order valence-electron chi connectivity index (χ0n) is 10.3. The van der Waals surface area contributed by atoms with Gasteiger partial charge in [-0.15, -0.1) is 0 Å². The van der Waals surface area contributed by atoms with Crippen molar-refractivity contribution in [1.29, 1.82) is 5.26 Å². The molecule has 2 nitrogen and oxygen atoms in total. The molecule has 0 aromatic heterocycles. The molecule has 21 heavy (non-hydrogen) atoms. The number of anilines is 2. The molecule has 1 N–H and O–H groups in total. The molecule has 0 saturated carbocycles. The van der Waals surface area contributed by atoms with E-state index in [0.717, 1.165) is 18.2 Å². The number of nitrogens with zero attached hydrogens (tertiary/aromatic N) is 1. The summed E-state index contributed by atoms with van der Waals surface area (Å²) in [6.45, 7) is 0. The van der Waals surface area contributed by atoms with Gasteiger partial charge < -0.3 is 5.32 Å². The molecule has 7 heteroatoms. The van der Waals surface area contributed by atoms with E-state index in [2.05, 4.69) is 5.32 Å². The minimum absolute atomic E-state index is 0.00145. The maximum Gasteiger partial charge on any atom is 0.416 e. The van der Waals surface area contributed by atoms with Crippen LogP contribution in [0.4, 0.5) is 28.9 Å².